The molecule has 2 atom stereocenters. The SMILES string of the molecule is CCC1(CC)[C@@H](NC(=O)c2ccc3nc[nH]c3c2)C[C@@H]1OC. The van der Waals surface area contributed by atoms with Gasteiger partial charge in [0, 0.05) is 24.1 Å². The number of fused-ring (bicyclic) bond motifs is 1. The summed E-state index contributed by atoms with van der Waals surface area (Å²) in [6, 6.07) is 5.72. The van der Waals surface area contributed by atoms with Crippen LogP contribution in [0.4, 0.5) is 0 Å². The Labute approximate surface area is 130 Å². The van der Waals surface area contributed by atoms with Gasteiger partial charge in [-0.25, -0.2) is 4.98 Å². The van der Waals surface area contributed by atoms with Crippen LogP contribution in [0.25, 0.3) is 11.0 Å². The van der Waals surface area contributed by atoms with Gasteiger partial charge in [0.25, 0.3) is 5.91 Å². The molecular formula is C17H23N3O2. The Morgan fingerprint density at radius 3 is 2.91 bits per heavy atom. The zero-order valence-corrected chi connectivity index (χ0v) is 13.3. The number of carbonyl (C=O) groups is 1. The standard InChI is InChI=1S/C17H23N3O2/c1-4-17(5-2)14(9-15(17)22-3)20-16(21)11-6-7-12-13(8-11)19-10-18-12/h6-8,10,14-15H,4-5,9H2,1-3H3,(H,18,19)(H,20,21)/t14-,15-/m0/s1. The number of aromatic nitrogens is 2. The summed E-state index contributed by atoms with van der Waals surface area (Å²) in [5.41, 5.74) is 2.48. The minimum atomic E-state index is -0.0256. The van der Waals surface area contributed by atoms with E-state index in [9.17, 15) is 4.79 Å². The second-order valence-corrected chi connectivity index (χ2v) is 6.06. The lowest BCUT2D eigenvalue weighted by molar-refractivity contribution is -0.120. The summed E-state index contributed by atoms with van der Waals surface area (Å²) in [5, 5.41) is 3.19. The van der Waals surface area contributed by atoms with Gasteiger partial charge in [0.05, 0.1) is 23.5 Å². The van der Waals surface area contributed by atoms with E-state index in [0.29, 0.717) is 5.56 Å². The maximum Gasteiger partial charge on any atom is 0.251 e. The average molecular weight is 301 g/mol. The van der Waals surface area contributed by atoms with Crippen LogP contribution >= 0.6 is 0 Å². The maximum atomic E-state index is 12.5. The third kappa shape index (κ3) is 2.20. The average Bonchev–Trinajstić information content (AvgIpc) is 2.99. The number of methoxy groups -OCH3 is 1. The van der Waals surface area contributed by atoms with Crippen LogP contribution in [0.1, 0.15) is 43.5 Å². The molecule has 2 N–H and O–H groups in total. The van der Waals surface area contributed by atoms with Crippen molar-refractivity contribution in [2.45, 2.75) is 45.3 Å². The van der Waals surface area contributed by atoms with Crippen molar-refractivity contribution >= 4 is 16.9 Å². The van der Waals surface area contributed by atoms with Crippen molar-refractivity contribution in [3.05, 3.63) is 30.1 Å². The molecule has 1 aliphatic rings. The Balaban J connectivity index is 1.76. The van der Waals surface area contributed by atoms with Gasteiger partial charge in [-0.3, -0.25) is 4.79 Å². The van der Waals surface area contributed by atoms with Crippen LogP contribution in [0.15, 0.2) is 24.5 Å². The Morgan fingerprint density at radius 1 is 1.45 bits per heavy atom. The Morgan fingerprint density at radius 2 is 2.23 bits per heavy atom. The molecule has 22 heavy (non-hydrogen) atoms. The highest BCUT2D eigenvalue weighted by atomic mass is 16.5. The Bertz CT molecular complexity index is 675. The van der Waals surface area contributed by atoms with Crippen LogP contribution in [0, 0.1) is 5.41 Å². The second kappa shape index (κ2) is 5.72. The van der Waals surface area contributed by atoms with E-state index < -0.39 is 0 Å². The maximum absolute atomic E-state index is 12.5. The molecule has 1 heterocycles. The predicted octanol–water partition coefficient (Wildman–Crippen LogP) is 2.89. The molecule has 1 aromatic carbocycles. The van der Waals surface area contributed by atoms with Gasteiger partial charge in [0.2, 0.25) is 0 Å². The normalized spacial score (nSPS) is 23.2. The van der Waals surface area contributed by atoms with Crippen LogP contribution in [0.5, 0.6) is 0 Å². The molecule has 5 nitrogen and oxygen atoms in total. The molecule has 118 valence electrons. The number of amides is 1. The minimum absolute atomic E-state index is 0.0256. The summed E-state index contributed by atoms with van der Waals surface area (Å²) >= 11 is 0. The van der Waals surface area contributed by atoms with Gasteiger partial charge >= 0.3 is 0 Å². The topological polar surface area (TPSA) is 67.0 Å². The van der Waals surface area contributed by atoms with Crippen LogP contribution in [-0.4, -0.2) is 35.1 Å². The van der Waals surface area contributed by atoms with Gasteiger partial charge in [-0.1, -0.05) is 13.8 Å². The number of hydrogen-bond donors (Lipinski definition) is 2. The van der Waals surface area contributed by atoms with Gasteiger partial charge in [0.1, 0.15) is 0 Å². The highest BCUT2D eigenvalue weighted by molar-refractivity contribution is 5.97. The summed E-state index contributed by atoms with van der Waals surface area (Å²) in [5.74, 6) is -0.0256. The summed E-state index contributed by atoms with van der Waals surface area (Å²) in [6.45, 7) is 4.34. The van der Waals surface area contributed by atoms with Crippen molar-refractivity contribution < 1.29 is 9.53 Å². The second-order valence-electron chi connectivity index (χ2n) is 6.06. The monoisotopic (exact) mass is 301 g/mol. The zero-order valence-electron chi connectivity index (χ0n) is 13.3. The van der Waals surface area contributed by atoms with Gasteiger partial charge in [-0.15, -0.1) is 0 Å². The van der Waals surface area contributed by atoms with Gasteiger partial charge in [0.15, 0.2) is 0 Å². The van der Waals surface area contributed by atoms with E-state index in [0.717, 1.165) is 30.3 Å². The molecule has 1 fully saturated rings. The van der Waals surface area contributed by atoms with Gasteiger partial charge in [-0.05, 0) is 37.5 Å². The first kappa shape index (κ1) is 15.0. The molecular weight excluding hydrogens is 278 g/mol. The number of rotatable bonds is 5. The van der Waals surface area contributed by atoms with Crippen LogP contribution in [0.3, 0.4) is 0 Å². The molecule has 0 saturated heterocycles. The first-order valence-corrected chi connectivity index (χ1v) is 7.91. The third-order valence-electron chi connectivity index (χ3n) is 5.37. The molecule has 3 rings (SSSR count). The fourth-order valence-electron chi connectivity index (χ4n) is 3.80. The largest absolute Gasteiger partial charge is 0.381 e. The molecule has 0 aliphatic heterocycles. The number of nitrogens with zero attached hydrogens (tertiary/aromatic N) is 1. The van der Waals surface area contributed by atoms with Crippen molar-refractivity contribution in [3.63, 3.8) is 0 Å². The Hall–Kier alpha value is -1.88. The highest BCUT2D eigenvalue weighted by Gasteiger charge is 2.53. The van der Waals surface area contributed by atoms with Gasteiger partial charge < -0.3 is 15.0 Å². The number of ether oxygens (including phenoxy) is 1. The first-order chi connectivity index (χ1) is 10.6. The quantitative estimate of drug-likeness (QED) is 0.892. The molecule has 0 spiro atoms. The molecule has 0 bridgehead atoms. The van der Waals surface area contributed by atoms with E-state index in [4.69, 9.17) is 4.74 Å². The summed E-state index contributed by atoms with van der Waals surface area (Å²) < 4.78 is 5.58. The highest BCUT2D eigenvalue weighted by Crippen LogP contribution is 2.48. The van der Waals surface area contributed by atoms with E-state index in [-0.39, 0.29) is 23.5 Å². The molecule has 0 unspecified atom stereocenters. The van der Waals surface area contributed by atoms with Crippen LogP contribution < -0.4 is 5.32 Å². The summed E-state index contributed by atoms with van der Waals surface area (Å²) in [7, 11) is 1.76. The van der Waals surface area contributed by atoms with E-state index in [1.54, 1.807) is 13.4 Å². The number of H-pyrrole nitrogens is 1. The molecule has 0 radical (unpaired) electrons. The van der Waals surface area contributed by atoms with Crippen molar-refractivity contribution in [1.29, 1.82) is 0 Å². The molecule has 1 saturated carbocycles. The fraction of sp³-hybridized carbons (Fsp3) is 0.529. The predicted molar refractivity (Wildman–Crippen MR) is 85.8 cm³/mol. The number of hydrogen-bond acceptors (Lipinski definition) is 3. The van der Waals surface area contributed by atoms with E-state index >= 15 is 0 Å². The Kier molecular flexibility index (Phi) is 3.91. The summed E-state index contributed by atoms with van der Waals surface area (Å²) in [6.07, 6.45) is 4.78. The molecule has 5 heteroatoms. The molecule has 2 aromatic rings. The fourth-order valence-corrected chi connectivity index (χ4v) is 3.80. The number of nitrogens with one attached hydrogen (secondary N) is 2. The van der Waals surface area contributed by atoms with Crippen LogP contribution in [0.2, 0.25) is 0 Å². The van der Waals surface area contributed by atoms with Gasteiger partial charge in [-0.2, -0.15) is 0 Å². The number of imidazole rings is 1. The lowest BCUT2D eigenvalue weighted by Gasteiger charge is -2.55. The smallest absolute Gasteiger partial charge is 0.251 e. The first-order valence-electron chi connectivity index (χ1n) is 7.91. The van der Waals surface area contributed by atoms with E-state index in [2.05, 4.69) is 29.1 Å². The zero-order chi connectivity index (χ0) is 15.7. The number of carbonyl (C=O) groups excluding carboxylic acids is 1. The van der Waals surface area contributed by atoms with Crippen molar-refractivity contribution in [2.24, 2.45) is 5.41 Å². The van der Waals surface area contributed by atoms with E-state index in [1.165, 1.54) is 0 Å². The molecule has 1 amide bonds. The minimum Gasteiger partial charge on any atom is -0.381 e. The van der Waals surface area contributed by atoms with Crippen molar-refractivity contribution in [1.82, 2.24) is 15.3 Å². The number of benzene rings is 1. The van der Waals surface area contributed by atoms with Crippen molar-refractivity contribution in [2.75, 3.05) is 7.11 Å². The molecule has 1 aliphatic carbocycles. The van der Waals surface area contributed by atoms with Crippen LogP contribution in [-0.2, 0) is 4.74 Å². The van der Waals surface area contributed by atoms with Crippen molar-refractivity contribution in [3.8, 4) is 0 Å². The lowest BCUT2D eigenvalue weighted by atomic mass is 9.58. The number of aromatic amines is 1. The lowest BCUT2D eigenvalue weighted by Crippen LogP contribution is -2.64. The van der Waals surface area contributed by atoms with E-state index in [1.807, 2.05) is 18.2 Å². The molecule has 1 aromatic heterocycles. The third-order valence-corrected chi connectivity index (χ3v) is 5.37. The summed E-state index contributed by atoms with van der Waals surface area (Å²) in [4.78, 5) is 19.8.